The molecule has 1 atom stereocenters. The summed E-state index contributed by atoms with van der Waals surface area (Å²) in [6, 6.07) is 0. The minimum absolute atomic E-state index is 0.114. The van der Waals surface area contributed by atoms with Crippen LogP contribution in [-0.4, -0.2) is 37.2 Å². The number of unbranched alkanes of at least 4 members (excludes halogenated alkanes) is 19. The first-order chi connectivity index (χ1) is 31.0. The normalized spacial score (nSPS) is 12.9. The quantitative estimate of drug-likeness (QED) is 0.0199. The largest absolute Gasteiger partial charge is 0.462 e. The Morgan fingerprint density at radius 2 is 0.698 bits per heavy atom. The molecule has 0 N–H and O–H groups in total. The predicted molar refractivity (Wildman–Crippen MR) is 270 cm³/mol. The van der Waals surface area contributed by atoms with Crippen LogP contribution in [0.25, 0.3) is 0 Å². The fraction of sp³-hybridized carbons (Fsp3) is 0.667. The molecule has 0 fully saturated rings. The Bertz CT molecular complexity index is 1280. The SMILES string of the molecule is CC/C=C\C/C=C\C/C=C\C/C=C\C/C=C\CCC(=O)OCC(COC(=O)CCCCC/C=C\CCCCCCCCC)OC(=O)CCCCCCCC/C=C\C=C/CCCCC. The minimum Gasteiger partial charge on any atom is -0.462 e. The fourth-order valence-corrected chi connectivity index (χ4v) is 6.71. The van der Waals surface area contributed by atoms with E-state index in [1.807, 2.05) is 12.2 Å². The number of hydrogen-bond acceptors (Lipinski definition) is 6. The van der Waals surface area contributed by atoms with Gasteiger partial charge in [-0.1, -0.05) is 201 Å². The molecule has 0 aromatic heterocycles. The molecular formula is C57H94O6. The van der Waals surface area contributed by atoms with Gasteiger partial charge in [-0.3, -0.25) is 14.4 Å². The van der Waals surface area contributed by atoms with Crippen LogP contribution in [0.2, 0.25) is 0 Å². The zero-order valence-corrected chi connectivity index (χ0v) is 40.8. The van der Waals surface area contributed by atoms with Gasteiger partial charge in [-0.05, 0) is 103 Å². The number of hydrogen-bond donors (Lipinski definition) is 0. The predicted octanol–water partition coefficient (Wildman–Crippen LogP) is 17.0. The highest BCUT2D eigenvalue weighted by atomic mass is 16.6. The Morgan fingerprint density at radius 3 is 1.21 bits per heavy atom. The maximum Gasteiger partial charge on any atom is 0.306 e. The number of carbonyl (C=O) groups is 3. The third-order valence-electron chi connectivity index (χ3n) is 10.6. The molecule has 0 saturated heterocycles. The van der Waals surface area contributed by atoms with E-state index in [1.54, 1.807) is 0 Å². The Balaban J connectivity index is 4.55. The summed E-state index contributed by atoms with van der Waals surface area (Å²) >= 11 is 0. The van der Waals surface area contributed by atoms with Crippen LogP contribution in [-0.2, 0) is 28.6 Å². The molecule has 0 radical (unpaired) electrons. The van der Waals surface area contributed by atoms with Gasteiger partial charge in [0.05, 0.1) is 0 Å². The highest BCUT2D eigenvalue weighted by molar-refractivity contribution is 5.71. The number of ether oxygens (including phenoxy) is 3. The standard InChI is InChI=1S/C57H94O6/c1-4-7-10-13-16-19-22-25-28-30-32-35-38-41-44-47-50-56(59)62-53-54(52-61-55(58)49-46-43-40-37-34-31-27-24-21-18-15-12-9-6-3)63-57(60)51-48-45-42-39-36-33-29-26-23-20-17-14-11-8-5-2/h7,10,16-17,19-20,23,25-26,28,31-32,34-35,41,44,54H,4-6,8-9,11-15,18,21-22,24,27,29-30,33,36-40,42-43,45-53H2,1-3H3/b10-7-,19-16-,20-17-,26-23-,28-25-,34-31-,35-32-,44-41-. The van der Waals surface area contributed by atoms with Gasteiger partial charge >= 0.3 is 17.9 Å². The lowest BCUT2D eigenvalue weighted by Gasteiger charge is -2.18. The first kappa shape index (κ1) is 59.3. The number of carbonyl (C=O) groups excluding carboxylic acids is 3. The van der Waals surface area contributed by atoms with Crippen LogP contribution < -0.4 is 0 Å². The van der Waals surface area contributed by atoms with E-state index in [9.17, 15) is 14.4 Å². The van der Waals surface area contributed by atoms with E-state index in [2.05, 4.69) is 106 Å². The summed E-state index contributed by atoms with van der Waals surface area (Å²) in [4.78, 5) is 37.9. The molecule has 358 valence electrons. The van der Waals surface area contributed by atoms with Crippen LogP contribution in [0.4, 0.5) is 0 Å². The van der Waals surface area contributed by atoms with Crippen molar-refractivity contribution in [2.24, 2.45) is 0 Å². The smallest absolute Gasteiger partial charge is 0.306 e. The average Bonchev–Trinajstić information content (AvgIpc) is 3.28. The summed E-state index contributed by atoms with van der Waals surface area (Å²) in [5.41, 5.74) is 0. The monoisotopic (exact) mass is 875 g/mol. The molecule has 0 aromatic carbocycles. The molecule has 1 unspecified atom stereocenters. The zero-order valence-electron chi connectivity index (χ0n) is 40.8. The van der Waals surface area contributed by atoms with E-state index in [-0.39, 0.29) is 37.5 Å². The van der Waals surface area contributed by atoms with Crippen LogP contribution in [0.15, 0.2) is 97.2 Å². The lowest BCUT2D eigenvalue weighted by molar-refractivity contribution is -0.166. The topological polar surface area (TPSA) is 78.9 Å². The third-order valence-corrected chi connectivity index (χ3v) is 10.6. The van der Waals surface area contributed by atoms with Gasteiger partial charge in [-0.25, -0.2) is 0 Å². The van der Waals surface area contributed by atoms with Gasteiger partial charge in [-0.15, -0.1) is 0 Å². The molecule has 0 aliphatic carbocycles. The molecule has 0 heterocycles. The maximum atomic E-state index is 12.8. The van der Waals surface area contributed by atoms with E-state index in [4.69, 9.17) is 14.2 Å². The number of esters is 3. The first-order valence-electron chi connectivity index (χ1n) is 25.8. The molecule has 0 spiro atoms. The molecule has 0 aromatic rings. The summed E-state index contributed by atoms with van der Waals surface area (Å²) in [5, 5.41) is 0. The van der Waals surface area contributed by atoms with Gasteiger partial charge in [0.25, 0.3) is 0 Å². The Morgan fingerprint density at radius 1 is 0.349 bits per heavy atom. The summed E-state index contributed by atoms with van der Waals surface area (Å²) in [7, 11) is 0. The molecule has 0 bridgehead atoms. The van der Waals surface area contributed by atoms with Crippen molar-refractivity contribution in [1.82, 2.24) is 0 Å². The molecule has 0 amide bonds. The van der Waals surface area contributed by atoms with Crippen LogP contribution in [0.5, 0.6) is 0 Å². The van der Waals surface area contributed by atoms with Crippen molar-refractivity contribution in [3.05, 3.63) is 97.2 Å². The van der Waals surface area contributed by atoms with E-state index in [1.165, 1.54) is 77.0 Å². The van der Waals surface area contributed by atoms with E-state index in [0.717, 1.165) is 103 Å². The lowest BCUT2D eigenvalue weighted by Crippen LogP contribution is -2.30. The van der Waals surface area contributed by atoms with Gasteiger partial charge in [0, 0.05) is 19.3 Å². The highest BCUT2D eigenvalue weighted by Crippen LogP contribution is 2.13. The van der Waals surface area contributed by atoms with Gasteiger partial charge < -0.3 is 14.2 Å². The molecule has 6 heteroatoms. The van der Waals surface area contributed by atoms with Gasteiger partial charge in [-0.2, -0.15) is 0 Å². The van der Waals surface area contributed by atoms with E-state index in [0.29, 0.717) is 19.3 Å². The molecule has 0 rings (SSSR count). The molecular weight excluding hydrogens is 781 g/mol. The summed E-state index contributed by atoms with van der Waals surface area (Å²) in [6.07, 6.45) is 66.8. The Hall–Kier alpha value is -3.67. The summed E-state index contributed by atoms with van der Waals surface area (Å²) < 4.78 is 16.7. The Kier molecular flexibility index (Phi) is 48.0. The molecule has 6 nitrogen and oxygen atoms in total. The summed E-state index contributed by atoms with van der Waals surface area (Å²) in [6.45, 7) is 6.39. The van der Waals surface area contributed by atoms with Crippen molar-refractivity contribution in [1.29, 1.82) is 0 Å². The first-order valence-corrected chi connectivity index (χ1v) is 25.8. The molecule has 0 saturated carbocycles. The van der Waals surface area contributed by atoms with Crippen molar-refractivity contribution in [2.45, 2.75) is 232 Å². The van der Waals surface area contributed by atoms with Gasteiger partial charge in [0.15, 0.2) is 6.10 Å². The van der Waals surface area contributed by atoms with Crippen molar-refractivity contribution in [3.8, 4) is 0 Å². The van der Waals surface area contributed by atoms with Crippen molar-refractivity contribution < 1.29 is 28.6 Å². The van der Waals surface area contributed by atoms with Crippen molar-refractivity contribution in [2.75, 3.05) is 13.2 Å². The van der Waals surface area contributed by atoms with E-state index < -0.39 is 6.10 Å². The van der Waals surface area contributed by atoms with Gasteiger partial charge in [0.2, 0.25) is 0 Å². The summed E-state index contributed by atoms with van der Waals surface area (Å²) in [5.74, 6) is -1.03. The van der Waals surface area contributed by atoms with Crippen LogP contribution in [0, 0.1) is 0 Å². The third kappa shape index (κ3) is 49.2. The fourth-order valence-electron chi connectivity index (χ4n) is 6.71. The van der Waals surface area contributed by atoms with Crippen LogP contribution in [0.1, 0.15) is 226 Å². The van der Waals surface area contributed by atoms with Crippen molar-refractivity contribution in [3.63, 3.8) is 0 Å². The van der Waals surface area contributed by atoms with E-state index >= 15 is 0 Å². The molecule has 63 heavy (non-hydrogen) atoms. The second kappa shape index (κ2) is 51.0. The number of rotatable bonds is 45. The lowest BCUT2D eigenvalue weighted by atomic mass is 10.1. The zero-order chi connectivity index (χ0) is 45.8. The second-order valence-electron chi connectivity index (χ2n) is 16.7. The van der Waals surface area contributed by atoms with Crippen LogP contribution >= 0.6 is 0 Å². The highest BCUT2D eigenvalue weighted by Gasteiger charge is 2.19. The molecule has 0 aliphatic rings. The van der Waals surface area contributed by atoms with Crippen LogP contribution in [0.3, 0.4) is 0 Å². The maximum absolute atomic E-state index is 12.8. The Labute approximate surface area is 387 Å². The average molecular weight is 875 g/mol. The van der Waals surface area contributed by atoms with Gasteiger partial charge in [0.1, 0.15) is 13.2 Å². The second-order valence-corrected chi connectivity index (χ2v) is 16.7. The molecule has 0 aliphatic heterocycles. The van der Waals surface area contributed by atoms with Crippen molar-refractivity contribution >= 4 is 17.9 Å². The minimum atomic E-state index is -0.820. The number of allylic oxidation sites excluding steroid dienone is 16.